The van der Waals surface area contributed by atoms with Gasteiger partial charge in [0, 0.05) is 11.3 Å². The summed E-state index contributed by atoms with van der Waals surface area (Å²) in [5, 5.41) is 8.19. The number of amides is 1. The van der Waals surface area contributed by atoms with Crippen LogP contribution in [0.25, 0.3) is 16.9 Å². The molecule has 4 rings (SSSR count). The summed E-state index contributed by atoms with van der Waals surface area (Å²) in [5.74, 6) is 0.461. The molecule has 0 saturated heterocycles. The molecule has 30 heavy (non-hydrogen) atoms. The number of aryl methyl sites for hydroxylation is 1. The summed E-state index contributed by atoms with van der Waals surface area (Å²) >= 11 is 6.36. The van der Waals surface area contributed by atoms with Gasteiger partial charge in [-0.25, -0.2) is 4.68 Å². The van der Waals surface area contributed by atoms with Crippen LogP contribution in [-0.2, 0) is 0 Å². The number of anilines is 1. The van der Waals surface area contributed by atoms with Crippen LogP contribution in [0.3, 0.4) is 0 Å². The Balaban J connectivity index is 1.77. The normalized spacial score (nSPS) is 10.6. The first-order valence-electron chi connectivity index (χ1n) is 9.42. The summed E-state index contributed by atoms with van der Waals surface area (Å²) in [6.45, 7) is 2.00. The molecule has 0 fully saturated rings. The maximum absolute atomic E-state index is 13.1. The second kappa shape index (κ2) is 8.43. The molecule has 0 saturated carbocycles. The summed E-state index contributed by atoms with van der Waals surface area (Å²) in [6.07, 6.45) is 0. The molecule has 4 aromatic rings. The standard InChI is InChI=1S/C24H20ClN3O2/c1-16-7-9-17(10-8-16)26-24(29)23-15-22(20-5-3-4-6-21(20)25)27-28(23)18-11-13-19(30-2)14-12-18/h3-15H,1-2H3,(H,26,29). The number of methoxy groups -OCH3 is 1. The predicted molar refractivity (Wildman–Crippen MR) is 120 cm³/mol. The maximum atomic E-state index is 13.1. The molecule has 0 bridgehead atoms. The number of nitrogens with one attached hydrogen (secondary N) is 1. The number of ether oxygens (including phenoxy) is 1. The number of halogens is 1. The highest BCUT2D eigenvalue weighted by molar-refractivity contribution is 6.33. The van der Waals surface area contributed by atoms with Gasteiger partial charge in [0.15, 0.2) is 0 Å². The molecule has 3 aromatic carbocycles. The molecule has 0 aliphatic rings. The SMILES string of the molecule is COc1ccc(-n2nc(-c3ccccc3Cl)cc2C(=O)Nc2ccc(C)cc2)cc1. The minimum atomic E-state index is -0.263. The van der Waals surface area contributed by atoms with Gasteiger partial charge in [0.25, 0.3) is 5.91 Å². The van der Waals surface area contributed by atoms with E-state index in [0.717, 1.165) is 22.6 Å². The van der Waals surface area contributed by atoms with E-state index >= 15 is 0 Å². The average Bonchev–Trinajstić information content (AvgIpc) is 3.21. The highest BCUT2D eigenvalue weighted by Gasteiger charge is 2.19. The Morgan fingerprint density at radius 2 is 1.70 bits per heavy atom. The van der Waals surface area contributed by atoms with Crippen LogP contribution in [0.4, 0.5) is 5.69 Å². The van der Waals surface area contributed by atoms with Gasteiger partial charge < -0.3 is 10.1 Å². The van der Waals surface area contributed by atoms with Crippen LogP contribution in [-0.4, -0.2) is 22.8 Å². The lowest BCUT2D eigenvalue weighted by Gasteiger charge is -2.09. The first-order valence-corrected chi connectivity index (χ1v) is 9.80. The van der Waals surface area contributed by atoms with Gasteiger partial charge in [-0.3, -0.25) is 4.79 Å². The van der Waals surface area contributed by atoms with Crippen LogP contribution in [0.5, 0.6) is 5.75 Å². The fraction of sp³-hybridized carbons (Fsp3) is 0.0833. The van der Waals surface area contributed by atoms with Crippen molar-refractivity contribution in [2.75, 3.05) is 12.4 Å². The van der Waals surface area contributed by atoms with E-state index in [4.69, 9.17) is 16.3 Å². The number of carbonyl (C=O) groups excluding carboxylic acids is 1. The summed E-state index contributed by atoms with van der Waals surface area (Å²) in [5.41, 5.74) is 4.35. The zero-order valence-corrected chi connectivity index (χ0v) is 17.4. The number of nitrogens with zero attached hydrogens (tertiary/aromatic N) is 2. The van der Waals surface area contributed by atoms with E-state index in [2.05, 4.69) is 10.4 Å². The van der Waals surface area contributed by atoms with Gasteiger partial charge in [-0.05, 0) is 55.5 Å². The average molecular weight is 418 g/mol. The van der Waals surface area contributed by atoms with Gasteiger partial charge in [0.05, 0.1) is 23.5 Å². The first kappa shape index (κ1) is 19.7. The molecule has 0 atom stereocenters. The highest BCUT2D eigenvalue weighted by Crippen LogP contribution is 2.29. The Kier molecular flexibility index (Phi) is 5.55. The van der Waals surface area contributed by atoms with Gasteiger partial charge in [0.1, 0.15) is 11.4 Å². The van der Waals surface area contributed by atoms with E-state index in [1.807, 2.05) is 73.7 Å². The molecule has 0 aliphatic heterocycles. The molecule has 5 nitrogen and oxygen atoms in total. The molecule has 0 aliphatic carbocycles. The minimum Gasteiger partial charge on any atom is -0.497 e. The smallest absolute Gasteiger partial charge is 0.274 e. The van der Waals surface area contributed by atoms with E-state index in [-0.39, 0.29) is 5.91 Å². The highest BCUT2D eigenvalue weighted by atomic mass is 35.5. The Morgan fingerprint density at radius 1 is 1.00 bits per heavy atom. The Hall–Kier alpha value is -3.57. The van der Waals surface area contributed by atoms with E-state index in [1.54, 1.807) is 23.9 Å². The third-order valence-electron chi connectivity index (χ3n) is 4.72. The molecule has 6 heteroatoms. The molecule has 0 unspecified atom stereocenters. The Labute approximate surface area is 179 Å². The molecular formula is C24H20ClN3O2. The van der Waals surface area contributed by atoms with Crippen molar-refractivity contribution >= 4 is 23.2 Å². The lowest BCUT2D eigenvalue weighted by atomic mass is 10.1. The van der Waals surface area contributed by atoms with Crippen molar-refractivity contribution in [3.8, 4) is 22.7 Å². The van der Waals surface area contributed by atoms with E-state index < -0.39 is 0 Å². The van der Waals surface area contributed by atoms with Gasteiger partial charge >= 0.3 is 0 Å². The molecule has 0 radical (unpaired) electrons. The number of carbonyl (C=O) groups is 1. The van der Waals surface area contributed by atoms with Gasteiger partial charge in [0.2, 0.25) is 0 Å². The van der Waals surface area contributed by atoms with Crippen molar-refractivity contribution in [3.05, 3.63) is 95.1 Å². The van der Waals surface area contributed by atoms with Gasteiger partial charge in [-0.1, -0.05) is 47.5 Å². The Bertz CT molecular complexity index is 1180. The van der Waals surface area contributed by atoms with Crippen molar-refractivity contribution in [1.82, 2.24) is 9.78 Å². The number of benzene rings is 3. The minimum absolute atomic E-state index is 0.263. The molecular weight excluding hydrogens is 398 g/mol. The monoisotopic (exact) mass is 417 g/mol. The molecule has 1 N–H and O–H groups in total. The van der Waals surface area contributed by atoms with E-state index in [0.29, 0.717) is 22.1 Å². The number of hydrogen-bond acceptors (Lipinski definition) is 3. The van der Waals surface area contributed by atoms with Crippen LogP contribution in [0.2, 0.25) is 5.02 Å². The van der Waals surface area contributed by atoms with Gasteiger partial charge in [-0.15, -0.1) is 0 Å². The molecule has 1 amide bonds. The van der Waals surface area contributed by atoms with Crippen LogP contribution in [0, 0.1) is 6.92 Å². The molecule has 1 heterocycles. The number of aromatic nitrogens is 2. The van der Waals surface area contributed by atoms with Gasteiger partial charge in [-0.2, -0.15) is 5.10 Å². The largest absolute Gasteiger partial charge is 0.497 e. The topological polar surface area (TPSA) is 56.2 Å². The van der Waals surface area contributed by atoms with Crippen molar-refractivity contribution in [1.29, 1.82) is 0 Å². The third kappa shape index (κ3) is 4.07. The van der Waals surface area contributed by atoms with E-state index in [1.165, 1.54) is 0 Å². The quantitative estimate of drug-likeness (QED) is 0.449. The lowest BCUT2D eigenvalue weighted by Crippen LogP contribution is -2.16. The molecule has 150 valence electrons. The number of hydrogen-bond donors (Lipinski definition) is 1. The van der Waals surface area contributed by atoms with Crippen LogP contribution < -0.4 is 10.1 Å². The third-order valence-corrected chi connectivity index (χ3v) is 5.05. The molecule has 1 aromatic heterocycles. The maximum Gasteiger partial charge on any atom is 0.274 e. The van der Waals surface area contributed by atoms with E-state index in [9.17, 15) is 4.79 Å². The second-order valence-electron chi connectivity index (χ2n) is 6.82. The van der Waals surface area contributed by atoms with Crippen LogP contribution in [0.15, 0.2) is 78.9 Å². The first-order chi connectivity index (χ1) is 14.5. The summed E-state index contributed by atoms with van der Waals surface area (Å²) < 4.78 is 6.85. The van der Waals surface area contributed by atoms with Crippen molar-refractivity contribution < 1.29 is 9.53 Å². The zero-order chi connectivity index (χ0) is 21.1. The summed E-state index contributed by atoms with van der Waals surface area (Å²) in [7, 11) is 1.61. The fourth-order valence-electron chi connectivity index (χ4n) is 3.10. The van der Waals surface area contributed by atoms with Crippen molar-refractivity contribution in [3.63, 3.8) is 0 Å². The fourth-order valence-corrected chi connectivity index (χ4v) is 3.33. The van der Waals surface area contributed by atoms with Crippen LogP contribution in [0.1, 0.15) is 16.1 Å². The Morgan fingerprint density at radius 3 is 2.37 bits per heavy atom. The summed E-state index contributed by atoms with van der Waals surface area (Å²) in [6, 6.07) is 24.2. The number of rotatable bonds is 5. The predicted octanol–water partition coefficient (Wildman–Crippen LogP) is 5.76. The molecule has 0 spiro atoms. The summed E-state index contributed by atoms with van der Waals surface area (Å²) in [4.78, 5) is 13.1. The lowest BCUT2D eigenvalue weighted by molar-refractivity contribution is 0.101. The van der Waals surface area contributed by atoms with Crippen molar-refractivity contribution in [2.45, 2.75) is 6.92 Å². The zero-order valence-electron chi connectivity index (χ0n) is 16.6. The van der Waals surface area contributed by atoms with Crippen LogP contribution >= 0.6 is 11.6 Å². The van der Waals surface area contributed by atoms with Crippen molar-refractivity contribution in [2.24, 2.45) is 0 Å². The second-order valence-corrected chi connectivity index (χ2v) is 7.23.